The molecule has 2 amide bonds. The predicted molar refractivity (Wildman–Crippen MR) is 151 cm³/mol. The highest BCUT2D eigenvalue weighted by Gasteiger charge is 2.36. The first kappa shape index (κ1) is 27.1. The highest BCUT2D eigenvalue weighted by atomic mass is 19.1. The van der Waals surface area contributed by atoms with E-state index in [0.717, 1.165) is 31.2 Å². The van der Waals surface area contributed by atoms with Gasteiger partial charge in [0.15, 0.2) is 0 Å². The highest BCUT2D eigenvalue weighted by Crippen LogP contribution is 2.39. The van der Waals surface area contributed by atoms with Crippen LogP contribution in [0.15, 0.2) is 65.1 Å². The molecule has 0 unspecified atom stereocenters. The number of carboxylic acid groups (broad SMARTS) is 1. The van der Waals surface area contributed by atoms with Gasteiger partial charge in [0.1, 0.15) is 17.2 Å². The van der Waals surface area contributed by atoms with Gasteiger partial charge < -0.3 is 20.2 Å². The van der Waals surface area contributed by atoms with Crippen molar-refractivity contribution in [3.8, 4) is 22.5 Å². The Kier molecular flexibility index (Phi) is 7.43. The largest absolute Gasteiger partial charge is 0.481 e. The Morgan fingerprint density at radius 3 is 2.38 bits per heavy atom. The standard InChI is InChI=1S/C32H31FN2O5/c1-3-32(14-5-15-32)35-30(38)22-7-4-6-20(16-22)24-18-25-26(17-21(24)10-13-27(36)37)40-29(28(25)31(39)34-2)19-8-11-23(33)12-9-19/h4,6-9,11-12,16-18H,3,5,10,13-15H2,1-2H3,(H,34,39)(H,35,38)(H,36,37). The van der Waals surface area contributed by atoms with Crippen LogP contribution in [0.25, 0.3) is 33.4 Å². The Bertz CT molecular complexity index is 1600. The topological polar surface area (TPSA) is 109 Å². The summed E-state index contributed by atoms with van der Waals surface area (Å²) in [6.45, 7) is 2.08. The quantitative estimate of drug-likeness (QED) is 0.229. The fraction of sp³-hybridized carbons (Fsp3) is 0.281. The van der Waals surface area contributed by atoms with Crippen LogP contribution in [-0.4, -0.2) is 35.5 Å². The number of fused-ring (bicyclic) bond motifs is 1. The molecule has 8 heteroatoms. The van der Waals surface area contributed by atoms with Crippen LogP contribution in [0.3, 0.4) is 0 Å². The second-order valence-electron chi connectivity index (χ2n) is 10.3. The molecule has 3 N–H and O–H groups in total. The first-order valence-electron chi connectivity index (χ1n) is 13.5. The molecule has 1 aliphatic carbocycles. The van der Waals surface area contributed by atoms with Crippen LogP contribution in [0.1, 0.15) is 65.3 Å². The van der Waals surface area contributed by atoms with Crippen molar-refractivity contribution in [3.05, 3.63) is 83.2 Å². The van der Waals surface area contributed by atoms with Gasteiger partial charge in [-0.05, 0) is 97.3 Å². The van der Waals surface area contributed by atoms with Gasteiger partial charge in [0.05, 0.1) is 5.56 Å². The third-order valence-electron chi connectivity index (χ3n) is 7.88. The number of hydrogen-bond donors (Lipinski definition) is 3. The van der Waals surface area contributed by atoms with E-state index in [9.17, 15) is 23.9 Å². The lowest BCUT2D eigenvalue weighted by Gasteiger charge is -2.42. The van der Waals surface area contributed by atoms with Gasteiger partial charge in [-0.15, -0.1) is 0 Å². The summed E-state index contributed by atoms with van der Waals surface area (Å²) in [6.07, 6.45) is 4.00. The molecule has 0 aliphatic heterocycles. The lowest BCUT2D eigenvalue weighted by Crippen LogP contribution is -2.52. The van der Waals surface area contributed by atoms with Crippen molar-refractivity contribution in [2.75, 3.05) is 7.05 Å². The predicted octanol–water partition coefficient (Wildman–Crippen LogP) is 6.35. The number of aryl methyl sites for hydroxylation is 1. The van der Waals surface area contributed by atoms with E-state index in [1.165, 1.54) is 19.2 Å². The molecule has 0 spiro atoms. The summed E-state index contributed by atoms with van der Waals surface area (Å²) >= 11 is 0. The molecule has 1 heterocycles. The molecule has 1 fully saturated rings. The highest BCUT2D eigenvalue weighted by molar-refractivity contribution is 6.12. The summed E-state index contributed by atoms with van der Waals surface area (Å²) in [5, 5.41) is 15.8. The fourth-order valence-electron chi connectivity index (χ4n) is 5.37. The number of hydrogen-bond acceptors (Lipinski definition) is 4. The van der Waals surface area contributed by atoms with Crippen molar-refractivity contribution in [1.29, 1.82) is 0 Å². The van der Waals surface area contributed by atoms with Crippen molar-refractivity contribution in [2.45, 2.75) is 51.0 Å². The van der Waals surface area contributed by atoms with Crippen molar-refractivity contribution in [2.24, 2.45) is 0 Å². The van der Waals surface area contributed by atoms with E-state index in [4.69, 9.17) is 4.42 Å². The van der Waals surface area contributed by atoms with Gasteiger partial charge in [-0.3, -0.25) is 14.4 Å². The van der Waals surface area contributed by atoms with Crippen LogP contribution in [0.2, 0.25) is 0 Å². The molecule has 0 atom stereocenters. The van der Waals surface area contributed by atoms with E-state index in [-0.39, 0.29) is 36.0 Å². The molecule has 0 saturated heterocycles. The number of carboxylic acids is 1. The normalized spacial score (nSPS) is 14.0. The Hall–Kier alpha value is -4.46. The zero-order valence-corrected chi connectivity index (χ0v) is 22.5. The van der Waals surface area contributed by atoms with Crippen LogP contribution in [0.4, 0.5) is 4.39 Å². The Balaban J connectivity index is 1.64. The number of furan rings is 1. The van der Waals surface area contributed by atoms with E-state index in [0.29, 0.717) is 38.8 Å². The molecular formula is C32H31FN2O5. The van der Waals surface area contributed by atoms with Crippen molar-refractivity contribution in [1.82, 2.24) is 10.6 Å². The molecule has 4 aromatic rings. The summed E-state index contributed by atoms with van der Waals surface area (Å²) < 4.78 is 19.8. The van der Waals surface area contributed by atoms with E-state index in [2.05, 4.69) is 17.6 Å². The van der Waals surface area contributed by atoms with E-state index < -0.39 is 11.8 Å². The smallest absolute Gasteiger partial charge is 0.303 e. The summed E-state index contributed by atoms with van der Waals surface area (Å²) in [6, 6.07) is 16.4. The van der Waals surface area contributed by atoms with Gasteiger partial charge in [-0.1, -0.05) is 19.1 Å². The third kappa shape index (κ3) is 5.21. The third-order valence-corrected chi connectivity index (χ3v) is 7.88. The molecule has 1 aliphatic rings. The molecule has 40 heavy (non-hydrogen) atoms. The summed E-state index contributed by atoms with van der Waals surface area (Å²) in [5.41, 5.74) is 3.71. The second kappa shape index (κ2) is 11.0. The number of halogens is 1. The number of benzene rings is 3. The van der Waals surface area contributed by atoms with Crippen molar-refractivity contribution in [3.63, 3.8) is 0 Å². The van der Waals surface area contributed by atoms with Gasteiger partial charge in [-0.2, -0.15) is 0 Å². The van der Waals surface area contributed by atoms with E-state index in [1.807, 2.05) is 12.1 Å². The minimum Gasteiger partial charge on any atom is -0.481 e. The van der Waals surface area contributed by atoms with Gasteiger partial charge >= 0.3 is 5.97 Å². The molecule has 0 bridgehead atoms. The second-order valence-corrected chi connectivity index (χ2v) is 10.3. The van der Waals surface area contributed by atoms with Gasteiger partial charge in [0.2, 0.25) is 0 Å². The first-order chi connectivity index (χ1) is 19.2. The van der Waals surface area contributed by atoms with Crippen molar-refractivity contribution < 1.29 is 28.3 Å². The van der Waals surface area contributed by atoms with Crippen LogP contribution in [0, 0.1) is 5.82 Å². The number of rotatable bonds is 9. The van der Waals surface area contributed by atoms with Gasteiger partial charge in [0, 0.05) is 35.5 Å². The number of nitrogens with one attached hydrogen (secondary N) is 2. The van der Waals surface area contributed by atoms with Crippen LogP contribution < -0.4 is 10.6 Å². The van der Waals surface area contributed by atoms with Crippen LogP contribution in [-0.2, 0) is 11.2 Å². The SMILES string of the molecule is CCC1(NC(=O)c2cccc(-c3cc4c(C(=O)NC)c(-c5ccc(F)cc5)oc4cc3CCC(=O)O)c2)CCC1. The molecule has 3 aromatic carbocycles. The maximum atomic E-state index is 13.6. The molecule has 1 aromatic heterocycles. The number of amides is 2. The maximum Gasteiger partial charge on any atom is 0.303 e. The average molecular weight is 543 g/mol. The van der Waals surface area contributed by atoms with Crippen molar-refractivity contribution >= 4 is 28.8 Å². The molecule has 5 rings (SSSR count). The van der Waals surface area contributed by atoms with Crippen LogP contribution in [0.5, 0.6) is 0 Å². The Morgan fingerprint density at radius 2 is 1.75 bits per heavy atom. The van der Waals surface area contributed by atoms with Crippen LogP contribution >= 0.6 is 0 Å². The molecule has 1 saturated carbocycles. The summed E-state index contributed by atoms with van der Waals surface area (Å²) in [7, 11) is 1.52. The lowest BCUT2D eigenvalue weighted by atomic mass is 9.74. The summed E-state index contributed by atoms with van der Waals surface area (Å²) in [5.74, 6) is -1.59. The zero-order valence-electron chi connectivity index (χ0n) is 22.5. The molecule has 206 valence electrons. The number of carbonyl (C=O) groups is 3. The minimum atomic E-state index is -0.943. The maximum absolute atomic E-state index is 13.6. The summed E-state index contributed by atoms with van der Waals surface area (Å²) in [4.78, 5) is 37.7. The van der Waals surface area contributed by atoms with Gasteiger partial charge in [-0.25, -0.2) is 4.39 Å². The van der Waals surface area contributed by atoms with E-state index >= 15 is 0 Å². The molecule has 0 radical (unpaired) electrons. The minimum absolute atomic E-state index is 0.106. The molecular weight excluding hydrogens is 511 g/mol. The first-order valence-corrected chi connectivity index (χ1v) is 13.5. The average Bonchev–Trinajstić information content (AvgIpc) is 3.31. The van der Waals surface area contributed by atoms with E-state index in [1.54, 1.807) is 36.4 Å². The molecule has 7 nitrogen and oxygen atoms in total. The van der Waals surface area contributed by atoms with Gasteiger partial charge in [0.25, 0.3) is 11.8 Å². The fourth-order valence-corrected chi connectivity index (χ4v) is 5.37. The zero-order chi connectivity index (χ0) is 28.4. The Morgan fingerprint density at radius 1 is 1.00 bits per heavy atom. The lowest BCUT2D eigenvalue weighted by molar-refractivity contribution is -0.136. The number of carbonyl (C=O) groups excluding carboxylic acids is 2. The number of aliphatic carboxylic acids is 1. The Labute approximate surface area is 231 Å². The monoisotopic (exact) mass is 542 g/mol.